The molecule has 0 spiro atoms. The molecule has 1 aliphatic carbocycles. The molecule has 1 aromatic rings. The molecule has 0 atom stereocenters. The number of hydrogen-bond acceptors (Lipinski definition) is 4. The van der Waals surface area contributed by atoms with Crippen molar-refractivity contribution >= 4 is 0 Å². The molecule has 3 rings (SSSR count). The van der Waals surface area contributed by atoms with E-state index in [9.17, 15) is 0 Å². The van der Waals surface area contributed by atoms with Gasteiger partial charge in [0.1, 0.15) is 0 Å². The van der Waals surface area contributed by atoms with Crippen molar-refractivity contribution in [1.29, 1.82) is 0 Å². The lowest BCUT2D eigenvalue weighted by molar-refractivity contribution is 0.0754. The summed E-state index contributed by atoms with van der Waals surface area (Å²) in [5, 5.41) is 0. The average molecular weight is 332 g/mol. The maximum atomic E-state index is 5.70. The van der Waals surface area contributed by atoms with E-state index in [1.807, 2.05) is 13.0 Å². The maximum absolute atomic E-state index is 5.70. The lowest BCUT2D eigenvalue weighted by Gasteiger charge is -2.40. The van der Waals surface area contributed by atoms with Crippen molar-refractivity contribution in [3.63, 3.8) is 0 Å². The van der Waals surface area contributed by atoms with Crippen LogP contribution in [0.15, 0.2) is 18.2 Å². The van der Waals surface area contributed by atoms with Crippen LogP contribution in [-0.2, 0) is 6.54 Å². The van der Waals surface area contributed by atoms with E-state index in [0.29, 0.717) is 6.61 Å². The summed E-state index contributed by atoms with van der Waals surface area (Å²) >= 11 is 0. The molecule has 0 radical (unpaired) electrons. The number of methoxy groups -OCH3 is 1. The first-order chi connectivity index (χ1) is 11.8. The zero-order valence-corrected chi connectivity index (χ0v) is 15.3. The van der Waals surface area contributed by atoms with Crippen LogP contribution in [0.1, 0.15) is 44.6 Å². The van der Waals surface area contributed by atoms with Crippen LogP contribution in [0.2, 0.25) is 0 Å². The van der Waals surface area contributed by atoms with Gasteiger partial charge < -0.3 is 9.47 Å². The Morgan fingerprint density at radius 3 is 2.42 bits per heavy atom. The summed E-state index contributed by atoms with van der Waals surface area (Å²) < 4.78 is 11.1. The van der Waals surface area contributed by atoms with Gasteiger partial charge >= 0.3 is 0 Å². The maximum Gasteiger partial charge on any atom is 0.161 e. The first-order valence-corrected chi connectivity index (χ1v) is 9.56. The molecule has 4 nitrogen and oxygen atoms in total. The third kappa shape index (κ3) is 4.42. The van der Waals surface area contributed by atoms with Crippen LogP contribution in [0, 0.1) is 0 Å². The summed E-state index contributed by atoms with van der Waals surface area (Å²) in [6.07, 6.45) is 7.12. The van der Waals surface area contributed by atoms with E-state index in [0.717, 1.165) is 24.1 Å². The fourth-order valence-corrected chi connectivity index (χ4v) is 4.08. The van der Waals surface area contributed by atoms with Crippen LogP contribution in [-0.4, -0.2) is 55.7 Å². The van der Waals surface area contributed by atoms with Crippen LogP contribution in [0.3, 0.4) is 0 Å². The Morgan fingerprint density at radius 1 is 1.00 bits per heavy atom. The second-order valence-electron chi connectivity index (χ2n) is 7.02. The standard InChI is InChI=1S/C20H32N2O2/c1-3-24-20-15-17(9-10-19(20)23-2)16-21-11-13-22(14-12-21)18-7-5-4-6-8-18/h9-10,15,18H,3-8,11-14,16H2,1-2H3. The van der Waals surface area contributed by atoms with Gasteiger partial charge in [0.25, 0.3) is 0 Å². The number of piperazine rings is 1. The molecule has 0 bridgehead atoms. The molecule has 134 valence electrons. The Hall–Kier alpha value is -1.26. The van der Waals surface area contributed by atoms with Crippen molar-refractivity contribution in [2.75, 3.05) is 39.9 Å². The van der Waals surface area contributed by atoms with Crippen LogP contribution in [0.5, 0.6) is 11.5 Å². The van der Waals surface area contributed by atoms with E-state index < -0.39 is 0 Å². The van der Waals surface area contributed by atoms with E-state index >= 15 is 0 Å². The third-order valence-electron chi connectivity index (χ3n) is 5.43. The van der Waals surface area contributed by atoms with Crippen molar-refractivity contribution in [2.24, 2.45) is 0 Å². The van der Waals surface area contributed by atoms with Gasteiger partial charge in [-0.25, -0.2) is 0 Å². The van der Waals surface area contributed by atoms with Gasteiger partial charge in [0.2, 0.25) is 0 Å². The second-order valence-corrected chi connectivity index (χ2v) is 7.02. The summed E-state index contributed by atoms with van der Waals surface area (Å²) in [6.45, 7) is 8.47. The van der Waals surface area contributed by atoms with Crippen molar-refractivity contribution in [3.8, 4) is 11.5 Å². The lowest BCUT2D eigenvalue weighted by atomic mass is 9.94. The molecule has 1 aliphatic heterocycles. The van der Waals surface area contributed by atoms with Crippen molar-refractivity contribution in [3.05, 3.63) is 23.8 Å². The van der Waals surface area contributed by atoms with E-state index in [4.69, 9.17) is 9.47 Å². The molecule has 2 aliphatic rings. The third-order valence-corrected chi connectivity index (χ3v) is 5.43. The monoisotopic (exact) mass is 332 g/mol. The van der Waals surface area contributed by atoms with Gasteiger partial charge in [0.05, 0.1) is 13.7 Å². The molecule has 0 unspecified atom stereocenters. The van der Waals surface area contributed by atoms with Crippen molar-refractivity contribution in [1.82, 2.24) is 9.80 Å². The topological polar surface area (TPSA) is 24.9 Å². The molecule has 0 amide bonds. The molecule has 1 aromatic carbocycles. The average Bonchev–Trinajstić information content (AvgIpc) is 2.64. The molecule has 4 heteroatoms. The zero-order valence-electron chi connectivity index (χ0n) is 15.3. The quantitative estimate of drug-likeness (QED) is 0.795. The molecule has 0 aromatic heterocycles. The van der Waals surface area contributed by atoms with E-state index in [2.05, 4.69) is 21.9 Å². The minimum atomic E-state index is 0.667. The zero-order chi connectivity index (χ0) is 16.8. The number of hydrogen-bond donors (Lipinski definition) is 0. The summed E-state index contributed by atoms with van der Waals surface area (Å²) in [7, 11) is 1.70. The first-order valence-electron chi connectivity index (χ1n) is 9.56. The van der Waals surface area contributed by atoms with E-state index in [-0.39, 0.29) is 0 Å². The normalized spacial score (nSPS) is 20.9. The number of benzene rings is 1. The predicted molar refractivity (Wildman–Crippen MR) is 97.9 cm³/mol. The van der Waals surface area contributed by atoms with Gasteiger partial charge in [-0.1, -0.05) is 25.3 Å². The molecule has 1 saturated heterocycles. The van der Waals surface area contributed by atoms with E-state index in [1.165, 1.54) is 63.8 Å². The van der Waals surface area contributed by atoms with Crippen molar-refractivity contribution in [2.45, 2.75) is 51.6 Å². The van der Waals surface area contributed by atoms with Crippen LogP contribution < -0.4 is 9.47 Å². The Balaban J connectivity index is 1.53. The Morgan fingerprint density at radius 2 is 1.75 bits per heavy atom. The molecule has 1 saturated carbocycles. The number of ether oxygens (including phenoxy) is 2. The van der Waals surface area contributed by atoms with Gasteiger partial charge in [0.15, 0.2) is 11.5 Å². The van der Waals surface area contributed by atoms with Gasteiger partial charge in [-0.05, 0) is 37.5 Å². The molecule has 0 N–H and O–H groups in total. The van der Waals surface area contributed by atoms with Crippen LogP contribution in [0.4, 0.5) is 0 Å². The first kappa shape index (κ1) is 17.6. The lowest BCUT2D eigenvalue weighted by Crippen LogP contribution is -2.50. The molecular formula is C20H32N2O2. The van der Waals surface area contributed by atoms with Gasteiger partial charge in [-0.15, -0.1) is 0 Å². The fourth-order valence-electron chi connectivity index (χ4n) is 4.08. The van der Waals surface area contributed by atoms with Crippen LogP contribution in [0.25, 0.3) is 0 Å². The minimum absolute atomic E-state index is 0.667. The summed E-state index contributed by atoms with van der Waals surface area (Å²) in [5.74, 6) is 1.68. The molecule has 2 fully saturated rings. The van der Waals surface area contributed by atoms with E-state index in [1.54, 1.807) is 7.11 Å². The van der Waals surface area contributed by atoms with Crippen LogP contribution >= 0.6 is 0 Å². The highest BCUT2D eigenvalue weighted by molar-refractivity contribution is 5.42. The van der Waals surface area contributed by atoms with Crippen molar-refractivity contribution < 1.29 is 9.47 Å². The Bertz CT molecular complexity index is 506. The fraction of sp³-hybridized carbons (Fsp3) is 0.700. The Kier molecular flexibility index (Phi) is 6.38. The summed E-state index contributed by atoms with van der Waals surface area (Å²) in [5.41, 5.74) is 1.31. The van der Waals surface area contributed by atoms with Gasteiger partial charge in [0, 0.05) is 38.8 Å². The number of rotatable bonds is 6. The SMILES string of the molecule is CCOc1cc(CN2CCN(C3CCCCC3)CC2)ccc1OC. The highest BCUT2D eigenvalue weighted by Crippen LogP contribution is 2.29. The predicted octanol–water partition coefficient (Wildman–Crippen LogP) is 3.54. The Labute approximate surface area is 146 Å². The summed E-state index contributed by atoms with van der Waals surface area (Å²) in [6, 6.07) is 7.18. The second kappa shape index (κ2) is 8.72. The minimum Gasteiger partial charge on any atom is -0.493 e. The summed E-state index contributed by atoms with van der Waals surface area (Å²) in [4.78, 5) is 5.30. The number of nitrogens with zero attached hydrogens (tertiary/aromatic N) is 2. The highest BCUT2D eigenvalue weighted by atomic mass is 16.5. The molecular weight excluding hydrogens is 300 g/mol. The molecule has 1 heterocycles. The van der Waals surface area contributed by atoms with Gasteiger partial charge in [-0.3, -0.25) is 9.80 Å². The van der Waals surface area contributed by atoms with Gasteiger partial charge in [-0.2, -0.15) is 0 Å². The molecule has 24 heavy (non-hydrogen) atoms. The smallest absolute Gasteiger partial charge is 0.161 e. The largest absolute Gasteiger partial charge is 0.493 e. The highest BCUT2D eigenvalue weighted by Gasteiger charge is 2.25.